The number of carbonyl (C=O) groups excluding carboxylic acids is 2. The molecule has 1 saturated heterocycles. The van der Waals surface area contributed by atoms with Crippen molar-refractivity contribution < 1.29 is 9.59 Å². The number of rotatable bonds is 2. The van der Waals surface area contributed by atoms with E-state index in [1.54, 1.807) is 30.4 Å². The van der Waals surface area contributed by atoms with E-state index in [4.69, 9.17) is 5.73 Å². The van der Waals surface area contributed by atoms with E-state index >= 15 is 0 Å². The van der Waals surface area contributed by atoms with Crippen molar-refractivity contribution in [3.63, 3.8) is 0 Å². The predicted octanol–water partition coefficient (Wildman–Crippen LogP) is 0.0863. The minimum atomic E-state index is -0.457. The van der Waals surface area contributed by atoms with E-state index in [0.29, 0.717) is 0 Å². The lowest BCUT2D eigenvalue weighted by atomic mass is 9.94. The summed E-state index contributed by atoms with van der Waals surface area (Å²) in [7, 11) is 1.68. The predicted molar refractivity (Wildman–Crippen MR) is 57.0 cm³/mol. The third kappa shape index (κ3) is 1.64. The molecule has 5 heteroatoms. The number of aromatic nitrogens is 1. The van der Waals surface area contributed by atoms with Gasteiger partial charge in [-0.15, -0.1) is 0 Å². The fourth-order valence-electron chi connectivity index (χ4n) is 2.13. The number of nitrogens with zero attached hydrogens (tertiary/aromatic N) is 2. The first-order valence-corrected chi connectivity index (χ1v) is 5.06. The summed E-state index contributed by atoms with van der Waals surface area (Å²) in [6, 6.07) is 3.35. The number of amides is 2. The third-order valence-electron chi connectivity index (χ3n) is 2.98. The Morgan fingerprint density at radius 3 is 2.94 bits per heavy atom. The van der Waals surface area contributed by atoms with E-state index in [2.05, 4.69) is 4.98 Å². The maximum atomic E-state index is 11.6. The summed E-state index contributed by atoms with van der Waals surface area (Å²) in [5, 5.41) is 0. The van der Waals surface area contributed by atoms with Gasteiger partial charge in [0.2, 0.25) is 11.8 Å². The van der Waals surface area contributed by atoms with Crippen molar-refractivity contribution >= 4 is 11.8 Å². The number of pyridine rings is 1. The summed E-state index contributed by atoms with van der Waals surface area (Å²) in [5.41, 5.74) is 6.16. The number of hydrogen-bond donors (Lipinski definition) is 1. The maximum absolute atomic E-state index is 11.6. The third-order valence-corrected chi connectivity index (χ3v) is 2.98. The van der Waals surface area contributed by atoms with E-state index in [-0.39, 0.29) is 18.4 Å². The number of primary amides is 1. The molecule has 0 saturated carbocycles. The molecule has 0 bridgehead atoms. The Hall–Kier alpha value is -1.91. The Labute approximate surface area is 93.3 Å². The van der Waals surface area contributed by atoms with Gasteiger partial charge in [-0.25, -0.2) is 0 Å². The molecule has 0 aromatic carbocycles. The zero-order valence-corrected chi connectivity index (χ0v) is 8.96. The van der Waals surface area contributed by atoms with E-state index in [1.807, 2.05) is 6.07 Å². The lowest BCUT2D eigenvalue weighted by Gasteiger charge is -2.23. The molecule has 1 aliphatic heterocycles. The molecule has 2 atom stereocenters. The number of hydrogen-bond acceptors (Lipinski definition) is 3. The lowest BCUT2D eigenvalue weighted by molar-refractivity contribution is -0.128. The molecule has 2 rings (SSSR count). The van der Waals surface area contributed by atoms with Gasteiger partial charge >= 0.3 is 0 Å². The molecule has 2 N–H and O–H groups in total. The average molecular weight is 219 g/mol. The monoisotopic (exact) mass is 219 g/mol. The van der Waals surface area contributed by atoms with Crippen LogP contribution in [0, 0.1) is 5.92 Å². The number of likely N-dealkylation sites (tertiary alicyclic amines) is 1. The van der Waals surface area contributed by atoms with Crippen LogP contribution in [-0.4, -0.2) is 28.7 Å². The summed E-state index contributed by atoms with van der Waals surface area (Å²) in [5.74, 6) is -0.953. The molecule has 84 valence electrons. The van der Waals surface area contributed by atoms with Crippen LogP contribution < -0.4 is 5.73 Å². The largest absolute Gasteiger partial charge is 0.369 e. The molecule has 1 fully saturated rings. The van der Waals surface area contributed by atoms with Crippen molar-refractivity contribution in [2.45, 2.75) is 12.5 Å². The zero-order chi connectivity index (χ0) is 11.7. The zero-order valence-electron chi connectivity index (χ0n) is 8.96. The SMILES string of the molecule is CN1C(=O)C[C@H](C(N)=O)C1c1cccnc1. The lowest BCUT2D eigenvalue weighted by Crippen LogP contribution is -2.30. The minimum Gasteiger partial charge on any atom is -0.369 e. The normalized spacial score (nSPS) is 24.8. The molecule has 1 unspecified atom stereocenters. The van der Waals surface area contributed by atoms with Crippen molar-refractivity contribution in [2.24, 2.45) is 11.7 Å². The minimum absolute atomic E-state index is 0.0577. The highest BCUT2D eigenvalue weighted by molar-refractivity contribution is 5.89. The van der Waals surface area contributed by atoms with E-state index in [1.165, 1.54) is 0 Å². The van der Waals surface area contributed by atoms with Crippen molar-refractivity contribution in [2.75, 3.05) is 7.05 Å². The van der Waals surface area contributed by atoms with Gasteiger partial charge in [0.05, 0.1) is 12.0 Å². The van der Waals surface area contributed by atoms with Crippen LogP contribution in [0.5, 0.6) is 0 Å². The summed E-state index contributed by atoms with van der Waals surface area (Å²) in [6.45, 7) is 0. The Morgan fingerprint density at radius 1 is 1.62 bits per heavy atom. The Morgan fingerprint density at radius 2 is 2.38 bits per heavy atom. The van der Waals surface area contributed by atoms with E-state index in [9.17, 15) is 9.59 Å². The molecule has 2 heterocycles. The van der Waals surface area contributed by atoms with Crippen LogP contribution in [0.3, 0.4) is 0 Å². The quantitative estimate of drug-likeness (QED) is 0.765. The first-order valence-electron chi connectivity index (χ1n) is 5.06. The fraction of sp³-hybridized carbons (Fsp3) is 0.364. The highest BCUT2D eigenvalue weighted by atomic mass is 16.2. The first-order chi connectivity index (χ1) is 7.61. The molecule has 1 aliphatic rings. The smallest absolute Gasteiger partial charge is 0.223 e. The standard InChI is InChI=1S/C11H13N3O2/c1-14-9(15)5-8(11(12)16)10(14)7-3-2-4-13-6-7/h2-4,6,8,10H,5H2,1H3,(H2,12,16)/t8-,10?/m0/s1. The highest BCUT2D eigenvalue weighted by Crippen LogP contribution is 2.36. The van der Waals surface area contributed by atoms with Crippen LogP contribution in [0.2, 0.25) is 0 Å². The molecule has 0 radical (unpaired) electrons. The van der Waals surface area contributed by atoms with Gasteiger partial charge in [-0.1, -0.05) is 6.07 Å². The number of carbonyl (C=O) groups is 2. The van der Waals surface area contributed by atoms with Crippen molar-refractivity contribution in [3.8, 4) is 0 Å². The van der Waals surface area contributed by atoms with Crippen molar-refractivity contribution in [1.29, 1.82) is 0 Å². The molecule has 1 aromatic heterocycles. The van der Waals surface area contributed by atoms with Crippen LogP contribution in [0.4, 0.5) is 0 Å². The van der Waals surface area contributed by atoms with Gasteiger partial charge in [-0.2, -0.15) is 0 Å². The van der Waals surface area contributed by atoms with E-state index in [0.717, 1.165) is 5.56 Å². The van der Waals surface area contributed by atoms with Gasteiger partial charge in [0, 0.05) is 25.9 Å². The van der Waals surface area contributed by atoms with Gasteiger partial charge in [-0.3, -0.25) is 14.6 Å². The van der Waals surface area contributed by atoms with Gasteiger partial charge < -0.3 is 10.6 Å². The van der Waals surface area contributed by atoms with Crippen LogP contribution in [0.25, 0.3) is 0 Å². The average Bonchev–Trinajstić information content (AvgIpc) is 2.57. The van der Waals surface area contributed by atoms with Crippen LogP contribution in [0.15, 0.2) is 24.5 Å². The Bertz CT molecular complexity index is 418. The molecule has 5 nitrogen and oxygen atoms in total. The highest BCUT2D eigenvalue weighted by Gasteiger charge is 2.41. The molecule has 16 heavy (non-hydrogen) atoms. The van der Waals surface area contributed by atoms with Crippen LogP contribution in [0.1, 0.15) is 18.0 Å². The van der Waals surface area contributed by atoms with Gasteiger partial charge in [-0.05, 0) is 11.6 Å². The molecule has 1 aromatic rings. The van der Waals surface area contributed by atoms with Crippen molar-refractivity contribution in [3.05, 3.63) is 30.1 Å². The summed E-state index contributed by atoms with van der Waals surface area (Å²) < 4.78 is 0. The second kappa shape index (κ2) is 3.92. The molecule has 0 aliphatic carbocycles. The van der Waals surface area contributed by atoms with Crippen LogP contribution >= 0.6 is 0 Å². The van der Waals surface area contributed by atoms with E-state index < -0.39 is 11.8 Å². The second-order valence-corrected chi connectivity index (χ2v) is 3.95. The number of nitrogens with two attached hydrogens (primary N) is 1. The fourth-order valence-corrected chi connectivity index (χ4v) is 2.13. The molecule has 0 spiro atoms. The maximum Gasteiger partial charge on any atom is 0.223 e. The van der Waals surface area contributed by atoms with Crippen molar-refractivity contribution in [1.82, 2.24) is 9.88 Å². The van der Waals surface area contributed by atoms with Gasteiger partial charge in [0.25, 0.3) is 0 Å². The summed E-state index contributed by atoms with van der Waals surface area (Å²) in [6.07, 6.45) is 3.50. The Kier molecular flexibility index (Phi) is 2.60. The topological polar surface area (TPSA) is 76.3 Å². The Balaban J connectivity index is 2.37. The molecular weight excluding hydrogens is 206 g/mol. The first kappa shape index (κ1) is 10.6. The second-order valence-electron chi connectivity index (χ2n) is 3.95. The van der Waals surface area contributed by atoms with Crippen LogP contribution in [-0.2, 0) is 9.59 Å². The summed E-state index contributed by atoms with van der Waals surface area (Å²) >= 11 is 0. The molecular formula is C11H13N3O2. The van der Waals surface area contributed by atoms with Gasteiger partial charge in [0.15, 0.2) is 0 Å². The summed E-state index contributed by atoms with van der Waals surface area (Å²) in [4.78, 5) is 28.4. The van der Waals surface area contributed by atoms with Gasteiger partial charge in [0.1, 0.15) is 0 Å². The molecule has 2 amide bonds.